The van der Waals surface area contributed by atoms with Crippen LogP contribution in [0, 0.1) is 6.92 Å². The number of methoxy groups -OCH3 is 1. The average molecular weight is 410 g/mol. The van der Waals surface area contributed by atoms with Crippen molar-refractivity contribution in [2.75, 3.05) is 25.2 Å². The van der Waals surface area contributed by atoms with Gasteiger partial charge in [0.25, 0.3) is 0 Å². The summed E-state index contributed by atoms with van der Waals surface area (Å²) in [5, 5.41) is 3.28. The van der Waals surface area contributed by atoms with Gasteiger partial charge in [-0.25, -0.2) is 13.4 Å². The summed E-state index contributed by atoms with van der Waals surface area (Å²) in [6.45, 7) is 2.32. The zero-order valence-electron chi connectivity index (χ0n) is 15.6. The number of ether oxygens (including phenoxy) is 1. The maximum Gasteiger partial charge on any atom is 0.244 e. The van der Waals surface area contributed by atoms with E-state index in [4.69, 9.17) is 4.74 Å². The number of nitrogens with zero attached hydrogens (tertiary/aromatic N) is 2. The van der Waals surface area contributed by atoms with Gasteiger partial charge in [0.1, 0.15) is 11.8 Å². The lowest BCUT2D eigenvalue weighted by Crippen LogP contribution is -2.49. The minimum Gasteiger partial charge on any atom is -0.497 e. The Morgan fingerprint density at radius 3 is 2.63 bits per heavy atom. The monoisotopic (exact) mass is 409 g/mol. The van der Waals surface area contributed by atoms with Crippen molar-refractivity contribution in [3.05, 3.63) is 29.1 Å². The maximum atomic E-state index is 12.7. The molecule has 1 aliphatic rings. The highest BCUT2D eigenvalue weighted by Crippen LogP contribution is 2.32. The molecular formula is C18H23N3O4S2. The molecule has 9 heteroatoms. The molecule has 1 aromatic carbocycles. The Hall–Kier alpha value is -1.97. The van der Waals surface area contributed by atoms with Gasteiger partial charge >= 0.3 is 0 Å². The number of thiazole rings is 1. The minimum atomic E-state index is -3.42. The van der Waals surface area contributed by atoms with E-state index in [0.717, 1.165) is 41.0 Å². The summed E-state index contributed by atoms with van der Waals surface area (Å²) >= 11 is 1.38. The number of rotatable bonds is 5. The fourth-order valence-electron chi connectivity index (χ4n) is 3.22. The number of hydrogen-bond donors (Lipinski definition) is 1. The van der Waals surface area contributed by atoms with E-state index in [1.54, 1.807) is 7.11 Å². The highest BCUT2D eigenvalue weighted by atomic mass is 32.2. The van der Waals surface area contributed by atoms with Crippen LogP contribution in [0.25, 0.3) is 11.3 Å². The van der Waals surface area contributed by atoms with Gasteiger partial charge in [-0.2, -0.15) is 4.31 Å². The lowest BCUT2D eigenvalue weighted by Gasteiger charge is -2.32. The van der Waals surface area contributed by atoms with Crippen molar-refractivity contribution in [1.82, 2.24) is 9.29 Å². The Morgan fingerprint density at radius 2 is 2.00 bits per heavy atom. The SMILES string of the molecule is COc1ccc(-c2nc(NC(=O)C3CCCCN3S(C)(=O)=O)sc2C)cc1. The number of benzene rings is 1. The molecular weight excluding hydrogens is 386 g/mol. The molecule has 1 N–H and O–H groups in total. The predicted octanol–water partition coefficient (Wildman–Crippen LogP) is 2.88. The summed E-state index contributed by atoms with van der Waals surface area (Å²) in [7, 11) is -1.81. The molecule has 0 radical (unpaired) electrons. The molecule has 1 aromatic heterocycles. The lowest BCUT2D eigenvalue weighted by atomic mass is 10.0. The number of aryl methyl sites for hydroxylation is 1. The summed E-state index contributed by atoms with van der Waals surface area (Å²) in [6, 6.07) is 6.87. The van der Waals surface area contributed by atoms with E-state index >= 15 is 0 Å². The van der Waals surface area contributed by atoms with Crippen LogP contribution in [0.3, 0.4) is 0 Å². The van der Waals surface area contributed by atoms with Crippen LogP contribution in [0.15, 0.2) is 24.3 Å². The maximum absolute atomic E-state index is 12.7. The number of sulfonamides is 1. The number of carbonyl (C=O) groups excluding carboxylic acids is 1. The van der Waals surface area contributed by atoms with Gasteiger partial charge in [-0.1, -0.05) is 6.42 Å². The highest BCUT2D eigenvalue weighted by molar-refractivity contribution is 7.88. The first-order valence-corrected chi connectivity index (χ1v) is 11.4. The van der Waals surface area contributed by atoms with Crippen molar-refractivity contribution < 1.29 is 17.9 Å². The molecule has 146 valence electrons. The molecule has 2 heterocycles. The Kier molecular flexibility index (Phi) is 5.83. The van der Waals surface area contributed by atoms with E-state index in [9.17, 15) is 13.2 Å². The summed E-state index contributed by atoms with van der Waals surface area (Å²) < 4.78 is 30.4. The topological polar surface area (TPSA) is 88.6 Å². The molecule has 1 aliphatic heterocycles. The minimum absolute atomic E-state index is 0.324. The lowest BCUT2D eigenvalue weighted by molar-refractivity contribution is -0.120. The zero-order chi connectivity index (χ0) is 19.6. The number of nitrogens with one attached hydrogen (secondary N) is 1. The molecule has 3 rings (SSSR count). The van der Waals surface area contributed by atoms with Crippen LogP contribution in [0.2, 0.25) is 0 Å². The Labute approximate surface area is 163 Å². The molecule has 1 unspecified atom stereocenters. The molecule has 1 saturated heterocycles. The largest absolute Gasteiger partial charge is 0.497 e. The Morgan fingerprint density at radius 1 is 1.30 bits per heavy atom. The van der Waals surface area contributed by atoms with Crippen molar-refractivity contribution in [2.45, 2.75) is 32.2 Å². The quantitative estimate of drug-likeness (QED) is 0.820. The second-order valence-corrected chi connectivity index (χ2v) is 9.67. The van der Waals surface area contributed by atoms with Crippen molar-refractivity contribution in [2.24, 2.45) is 0 Å². The number of piperidine rings is 1. The van der Waals surface area contributed by atoms with E-state index in [-0.39, 0.29) is 5.91 Å². The molecule has 1 amide bonds. The zero-order valence-corrected chi connectivity index (χ0v) is 17.2. The van der Waals surface area contributed by atoms with Crippen LogP contribution in [0.1, 0.15) is 24.1 Å². The number of hydrogen-bond acceptors (Lipinski definition) is 6. The first kappa shape index (κ1) is 19.8. The van der Waals surface area contributed by atoms with E-state index in [0.29, 0.717) is 18.1 Å². The van der Waals surface area contributed by atoms with Crippen LogP contribution in [0.5, 0.6) is 5.75 Å². The molecule has 0 aliphatic carbocycles. The standard InChI is InChI=1S/C18H23N3O4S2/c1-12-16(13-7-9-14(25-2)10-8-13)19-18(26-12)20-17(22)15-6-4-5-11-21(15)27(3,23)24/h7-10,15H,4-6,11H2,1-3H3,(H,19,20,22). The summed E-state index contributed by atoms with van der Waals surface area (Å²) in [4.78, 5) is 18.2. The number of amides is 1. The van der Waals surface area contributed by atoms with Crippen LogP contribution < -0.4 is 10.1 Å². The van der Waals surface area contributed by atoms with Crippen LogP contribution in [-0.2, 0) is 14.8 Å². The molecule has 1 atom stereocenters. The Balaban J connectivity index is 1.78. The van der Waals surface area contributed by atoms with Crippen molar-refractivity contribution in [3.8, 4) is 17.0 Å². The molecule has 2 aromatic rings. The first-order chi connectivity index (χ1) is 12.8. The number of anilines is 1. The fraction of sp³-hybridized carbons (Fsp3) is 0.444. The number of carbonyl (C=O) groups is 1. The summed E-state index contributed by atoms with van der Waals surface area (Å²) in [6.07, 6.45) is 3.27. The van der Waals surface area contributed by atoms with Crippen LogP contribution in [0.4, 0.5) is 5.13 Å². The second kappa shape index (κ2) is 7.95. The van der Waals surface area contributed by atoms with Gasteiger partial charge in [-0.05, 0) is 44.0 Å². The highest BCUT2D eigenvalue weighted by Gasteiger charge is 2.34. The smallest absolute Gasteiger partial charge is 0.244 e. The molecule has 27 heavy (non-hydrogen) atoms. The number of aromatic nitrogens is 1. The third-order valence-corrected chi connectivity index (χ3v) is 6.75. The predicted molar refractivity (Wildman–Crippen MR) is 107 cm³/mol. The molecule has 0 bridgehead atoms. The van der Waals surface area contributed by atoms with Gasteiger partial charge in [0, 0.05) is 17.0 Å². The van der Waals surface area contributed by atoms with Gasteiger partial charge < -0.3 is 10.1 Å². The van der Waals surface area contributed by atoms with Gasteiger partial charge in [0.05, 0.1) is 19.1 Å². The normalized spacial score (nSPS) is 18.3. The third-order valence-electron chi connectivity index (χ3n) is 4.57. The van der Waals surface area contributed by atoms with Crippen LogP contribution in [-0.4, -0.2) is 49.6 Å². The molecule has 0 saturated carbocycles. The molecule has 0 spiro atoms. The first-order valence-electron chi connectivity index (χ1n) is 8.69. The van der Waals surface area contributed by atoms with Crippen molar-refractivity contribution in [1.29, 1.82) is 0 Å². The Bertz CT molecular complexity index is 923. The average Bonchev–Trinajstić information content (AvgIpc) is 3.01. The van der Waals surface area contributed by atoms with Crippen molar-refractivity contribution >= 4 is 32.4 Å². The van der Waals surface area contributed by atoms with E-state index in [2.05, 4.69) is 10.3 Å². The van der Waals surface area contributed by atoms with Gasteiger partial charge in [-0.15, -0.1) is 11.3 Å². The summed E-state index contributed by atoms with van der Waals surface area (Å²) in [5.74, 6) is 0.438. The van der Waals surface area contributed by atoms with Crippen molar-refractivity contribution in [3.63, 3.8) is 0 Å². The van der Waals surface area contributed by atoms with E-state index in [1.165, 1.54) is 15.6 Å². The van der Waals surface area contributed by atoms with Crippen LogP contribution >= 0.6 is 11.3 Å². The fourth-order valence-corrected chi connectivity index (χ4v) is 5.18. The van der Waals surface area contributed by atoms with E-state index in [1.807, 2.05) is 31.2 Å². The van der Waals surface area contributed by atoms with Gasteiger partial charge in [-0.3, -0.25) is 4.79 Å². The molecule has 1 fully saturated rings. The third kappa shape index (κ3) is 4.48. The molecule has 7 nitrogen and oxygen atoms in total. The van der Waals surface area contributed by atoms with Gasteiger partial charge in [0.2, 0.25) is 15.9 Å². The van der Waals surface area contributed by atoms with Gasteiger partial charge in [0.15, 0.2) is 5.13 Å². The summed E-state index contributed by atoms with van der Waals surface area (Å²) in [5.41, 5.74) is 1.72. The second-order valence-electron chi connectivity index (χ2n) is 6.53. The van der Waals surface area contributed by atoms with E-state index < -0.39 is 16.1 Å².